The van der Waals surface area contributed by atoms with Crippen LogP contribution in [0.1, 0.15) is 29.7 Å². The number of para-hydroxylation sites is 1. The van der Waals surface area contributed by atoms with Crippen molar-refractivity contribution in [2.24, 2.45) is 5.73 Å². The van der Waals surface area contributed by atoms with E-state index >= 15 is 0 Å². The molecule has 140 valence electrons. The van der Waals surface area contributed by atoms with Crippen LogP contribution in [0, 0.1) is 17.1 Å². The van der Waals surface area contributed by atoms with E-state index < -0.39 is 11.7 Å². The summed E-state index contributed by atoms with van der Waals surface area (Å²) in [5, 5.41) is 16.8. The minimum Gasteiger partial charge on any atom is -0.454 e. The second kappa shape index (κ2) is 7.08. The van der Waals surface area contributed by atoms with Crippen molar-refractivity contribution in [3.63, 3.8) is 0 Å². The van der Waals surface area contributed by atoms with Crippen LogP contribution in [0.5, 0.6) is 17.4 Å². The molecule has 3 N–H and O–H groups in total. The lowest BCUT2D eigenvalue weighted by atomic mass is 9.83. The van der Waals surface area contributed by atoms with E-state index in [-0.39, 0.29) is 17.2 Å². The van der Waals surface area contributed by atoms with E-state index in [9.17, 15) is 9.65 Å². The van der Waals surface area contributed by atoms with E-state index in [1.807, 2.05) is 13.0 Å². The molecular weight excluding hydrogens is 359 g/mol. The third-order valence-electron chi connectivity index (χ3n) is 4.63. The molecule has 28 heavy (non-hydrogen) atoms. The highest BCUT2D eigenvalue weighted by atomic mass is 19.1. The minimum atomic E-state index is -0.527. The summed E-state index contributed by atoms with van der Waals surface area (Å²) in [5.41, 5.74) is 8.42. The fourth-order valence-electron chi connectivity index (χ4n) is 3.30. The van der Waals surface area contributed by atoms with Crippen LogP contribution in [0.25, 0.3) is 0 Å². The molecule has 0 saturated carbocycles. The van der Waals surface area contributed by atoms with Crippen molar-refractivity contribution in [1.82, 2.24) is 10.2 Å². The molecule has 0 aliphatic carbocycles. The molecule has 1 aliphatic heterocycles. The third-order valence-corrected chi connectivity index (χ3v) is 4.63. The number of nitriles is 1. The number of halogens is 1. The smallest absolute Gasteiger partial charge is 0.244 e. The quantitative estimate of drug-likeness (QED) is 0.714. The Hall–Kier alpha value is -3.79. The molecule has 6 nitrogen and oxygen atoms in total. The van der Waals surface area contributed by atoms with Crippen molar-refractivity contribution in [2.45, 2.75) is 19.3 Å². The second-order valence-electron chi connectivity index (χ2n) is 6.30. The summed E-state index contributed by atoms with van der Waals surface area (Å²) in [5.74, 6) is -0.134. The van der Waals surface area contributed by atoms with Gasteiger partial charge in [-0.05, 0) is 36.2 Å². The van der Waals surface area contributed by atoms with Gasteiger partial charge in [0.15, 0.2) is 11.6 Å². The Kier molecular flexibility index (Phi) is 4.45. The zero-order valence-corrected chi connectivity index (χ0v) is 15.1. The van der Waals surface area contributed by atoms with Gasteiger partial charge in [-0.3, -0.25) is 5.10 Å². The first-order chi connectivity index (χ1) is 13.6. The minimum absolute atomic E-state index is 0.0102. The van der Waals surface area contributed by atoms with Crippen molar-refractivity contribution in [1.29, 1.82) is 5.26 Å². The maximum Gasteiger partial charge on any atom is 0.244 e. The number of fused-ring (bicyclic) bond motifs is 1. The lowest BCUT2D eigenvalue weighted by Crippen LogP contribution is -2.21. The lowest BCUT2D eigenvalue weighted by Gasteiger charge is -2.24. The van der Waals surface area contributed by atoms with Gasteiger partial charge in [-0.25, -0.2) is 4.39 Å². The second-order valence-corrected chi connectivity index (χ2v) is 6.30. The highest BCUT2D eigenvalue weighted by molar-refractivity contribution is 5.56. The third kappa shape index (κ3) is 2.95. The van der Waals surface area contributed by atoms with Gasteiger partial charge in [-0.2, -0.15) is 5.26 Å². The highest BCUT2D eigenvalue weighted by Crippen LogP contribution is 2.44. The topological polar surface area (TPSA) is 97.0 Å². The molecule has 7 heteroatoms. The maximum atomic E-state index is 14.4. The number of aromatic amines is 1. The molecule has 0 radical (unpaired) electrons. The summed E-state index contributed by atoms with van der Waals surface area (Å²) in [6.07, 6.45) is 0.662. The number of H-pyrrole nitrogens is 1. The summed E-state index contributed by atoms with van der Waals surface area (Å²) < 4.78 is 25.6. The zero-order chi connectivity index (χ0) is 19.7. The van der Waals surface area contributed by atoms with Crippen molar-refractivity contribution < 1.29 is 13.9 Å². The first-order valence-corrected chi connectivity index (χ1v) is 8.79. The summed E-state index contributed by atoms with van der Waals surface area (Å²) in [4.78, 5) is 0. The number of hydrogen-bond acceptors (Lipinski definition) is 5. The van der Waals surface area contributed by atoms with Crippen LogP contribution in [0.15, 0.2) is 60.0 Å². The van der Waals surface area contributed by atoms with Gasteiger partial charge < -0.3 is 15.2 Å². The average molecular weight is 376 g/mol. The largest absolute Gasteiger partial charge is 0.454 e. The molecule has 0 saturated heterocycles. The highest BCUT2D eigenvalue weighted by Gasteiger charge is 2.35. The van der Waals surface area contributed by atoms with Crippen LogP contribution < -0.4 is 15.2 Å². The van der Waals surface area contributed by atoms with Crippen LogP contribution in [0.2, 0.25) is 0 Å². The maximum absolute atomic E-state index is 14.4. The molecule has 2 heterocycles. The predicted molar refractivity (Wildman–Crippen MR) is 100 cm³/mol. The summed E-state index contributed by atoms with van der Waals surface area (Å²) in [7, 11) is 0. The van der Waals surface area contributed by atoms with E-state index in [0.717, 1.165) is 11.3 Å². The fourth-order valence-corrected chi connectivity index (χ4v) is 3.30. The standard InChI is InChI=1S/C21H17FN4O2/c1-2-16-19-18(14(11-23)20(24)28-21(19)26-25-16)12-8-9-15(22)17(10-12)27-13-6-4-3-5-7-13/h3-10,18H,2,24H2,1H3,(H,25,26). The number of ether oxygens (including phenoxy) is 2. The Morgan fingerprint density at radius 2 is 2.07 bits per heavy atom. The molecule has 3 aromatic rings. The summed E-state index contributed by atoms with van der Waals surface area (Å²) in [6, 6.07) is 15.6. The number of benzene rings is 2. The molecule has 0 fully saturated rings. The van der Waals surface area contributed by atoms with Crippen LogP contribution in [0.3, 0.4) is 0 Å². The number of nitrogens with one attached hydrogen (secondary N) is 1. The zero-order valence-electron chi connectivity index (χ0n) is 15.1. The molecular formula is C21H17FN4O2. The Morgan fingerprint density at radius 3 is 2.79 bits per heavy atom. The number of aromatic nitrogens is 2. The Bertz CT molecular complexity index is 1100. The molecule has 0 amide bonds. The molecule has 0 spiro atoms. The van der Waals surface area contributed by atoms with Crippen LogP contribution in [0.4, 0.5) is 4.39 Å². The number of allylic oxidation sites excluding steroid dienone is 1. The van der Waals surface area contributed by atoms with Gasteiger partial charge in [-0.1, -0.05) is 31.2 Å². The molecule has 0 bridgehead atoms. The number of rotatable bonds is 4. The van der Waals surface area contributed by atoms with E-state index in [4.69, 9.17) is 15.2 Å². The van der Waals surface area contributed by atoms with Crippen molar-refractivity contribution >= 4 is 0 Å². The Morgan fingerprint density at radius 1 is 1.29 bits per heavy atom. The van der Waals surface area contributed by atoms with E-state index in [1.165, 1.54) is 6.07 Å². The van der Waals surface area contributed by atoms with E-state index in [0.29, 0.717) is 23.6 Å². The van der Waals surface area contributed by atoms with Gasteiger partial charge in [0.05, 0.1) is 5.92 Å². The Labute approximate surface area is 161 Å². The number of nitrogens with two attached hydrogens (primary N) is 1. The molecule has 1 unspecified atom stereocenters. The van der Waals surface area contributed by atoms with Gasteiger partial charge in [0.1, 0.15) is 17.4 Å². The monoisotopic (exact) mass is 376 g/mol. The molecule has 4 rings (SSSR count). The fraction of sp³-hybridized carbons (Fsp3) is 0.143. The lowest BCUT2D eigenvalue weighted by molar-refractivity contribution is 0.378. The molecule has 1 atom stereocenters. The first kappa shape index (κ1) is 17.6. The summed E-state index contributed by atoms with van der Waals surface area (Å²) in [6.45, 7) is 1.97. The number of hydrogen-bond donors (Lipinski definition) is 2. The van der Waals surface area contributed by atoms with Gasteiger partial charge >= 0.3 is 0 Å². The Balaban J connectivity index is 1.83. The van der Waals surface area contributed by atoms with Crippen molar-refractivity contribution in [3.8, 4) is 23.4 Å². The van der Waals surface area contributed by atoms with Gasteiger partial charge in [-0.15, -0.1) is 5.10 Å². The number of aryl methyl sites for hydroxylation is 1. The van der Waals surface area contributed by atoms with Gasteiger partial charge in [0.25, 0.3) is 0 Å². The van der Waals surface area contributed by atoms with Crippen molar-refractivity contribution in [2.75, 3.05) is 0 Å². The molecule has 1 aromatic heterocycles. The summed E-state index contributed by atoms with van der Waals surface area (Å²) >= 11 is 0. The van der Waals surface area contributed by atoms with Crippen LogP contribution >= 0.6 is 0 Å². The number of nitrogens with zero attached hydrogens (tertiary/aromatic N) is 2. The average Bonchev–Trinajstić information content (AvgIpc) is 3.12. The normalized spacial score (nSPS) is 15.5. The first-order valence-electron chi connectivity index (χ1n) is 8.79. The van der Waals surface area contributed by atoms with Crippen LogP contribution in [-0.2, 0) is 6.42 Å². The van der Waals surface area contributed by atoms with Crippen LogP contribution in [-0.4, -0.2) is 10.2 Å². The van der Waals surface area contributed by atoms with E-state index in [2.05, 4.69) is 16.3 Å². The predicted octanol–water partition coefficient (Wildman–Crippen LogP) is 4.12. The van der Waals surface area contributed by atoms with E-state index in [1.54, 1.807) is 36.4 Å². The molecule has 1 aliphatic rings. The molecule has 2 aromatic carbocycles. The SMILES string of the molecule is CCc1[nH]nc2c1C(c1ccc(F)c(Oc3ccccc3)c1)C(C#N)=C(N)O2. The van der Waals surface area contributed by atoms with Gasteiger partial charge in [0, 0.05) is 11.3 Å². The van der Waals surface area contributed by atoms with Crippen molar-refractivity contribution in [3.05, 3.63) is 82.6 Å². The van der Waals surface area contributed by atoms with Gasteiger partial charge in [0.2, 0.25) is 11.8 Å².